The van der Waals surface area contributed by atoms with Gasteiger partial charge in [-0.15, -0.1) is 0 Å². The molecule has 0 atom stereocenters. The summed E-state index contributed by atoms with van der Waals surface area (Å²) in [5.74, 6) is 0. The van der Waals surface area contributed by atoms with Gasteiger partial charge in [0.1, 0.15) is 11.2 Å². The third-order valence-electron chi connectivity index (χ3n) is 10.7. The summed E-state index contributed by atoms with van der Waals surface area (Å²) in [6.07, 6.45) is 0. The average molecular weight is 639 g/mol. The van der Waals surface area contributed by atoms with Gasteiger partial charge in [0.25, 0.3) is 0 Å². The van der Waals surface area contributed by atoms with Crippen molar-refractivity contribution in [3.05, 3.63) is 157 Å². The van der Waals surface area contributed by atoms with Crippen LogP contribution in [0, 0.1) is 13.8 Å². The second-order valence-electron chi connectivity index (χ2n) is 13.8. The Kier molecular flexibility index (Phi) is 5.55. The minimum absolute atomic E-state index is 0.796. The second-order valence-corrected chi connectivity index (χ2v) is 13.8. The first-order valence-corrected chi connectivity index (χ1v) is 17.3. The predicted octanol–water partition coefficient (Wildman–Crippen LogP) is 14.0. The highest BCUT2D eigenvalue weighted by Crippen LogP contribution is 2.49. The Morgan fingerprint density at radius 1 is 0.360 bits per heavy atom. The van der Waals surface area contributed by atoms with E-state index in [9.17, 15) is 0 Å². The molecule has 234 valence electrons. The topological polar surface area (TPSA) is 26.3 Å². The zero-order chi connectivity index (χ0) is 33.1. The Hall–Kier alpha value is -6.38. The molecule has 0 unspecified atom stereocenters. The molecule has 0 bridgehead atoms. The molecule has 0 aliphatic rings. The van der Waals surface area contributed by atoms with E-state index < -0.39 is 0 Å². The molecule has 2 aromatic heterocycles. The van der Waals surface area contributed by atoms with Crippen molar-refractivity contribution in [2.75, 3.05) is 0 Å². The summed E-state index contributed by atoms with van der Waals surface area (Å²) in [5.41, 5.74) is 10.7. The van der Waals surface area contributed by atoms with E-state index in [0.717, 1.165) is 49.4 Å². The number of aryl methyl sites for hydroxylation is 2. The molecule has 2 nitrogen and oxygen atoms in total. The molecule has 11 rings (SSSR count). The van der Waals surface area contributed by atoms with Crippen LogP contribution in [-0.2, 0) is 0 Å². The van der Waals surface area contributed by atoms with Crippen molar-refractivity contribution < 1.29 is 8.83 Å². The van der Waals surface area contributed by atoms with Crippen LogP contribution in [0.4, 0.5) is 0 Å². The van der Waals surface area contributed by atoms with Gasteiger partial charge in [-0.3, -0.25) is 0 Å². The van der Waals surface area contributed by atoms with Crippen LogP contribution in [0.2, 0.25) is 0 Å². The number of hydrogen-bond acceptors (Lipinski definition) is 2. The highest BCUT2D eigenvalue weighted by molar-refractivity contribution is 6.30. The maximum Gasteiger partial charge on any atom is 0.178 e. The van der Waals surface area contributed by atoms with Crippen LogP contribution in [0.1, 0.15) is 11.1 Å². The van der Waals surface area contributed by atoms with Crippen LogP contribution in [0.5, 0.6) is 0 Å². The summed E-state index contributed by atoms with van der Waals surface area (Å²) in [6, 6.07) is 53.1. The Labute approximate surface area is 287 Å². The van der Waals surface area contributed by atoms with Crippen LogP contribution in [-0.4, -0.2) is 0 Å². The number of fused-ring (bicyclic) bond motifs is 12. The minimum atomic E-state index is 0.796. The van der Waals surface area contributed by atoms with E-state index in [0.29, 0.717) is 0 Å². The average Bonchev–Trinajstić information content (AvgIpc) is 3.71. The zero-order valence-electron chi connectivity index (χ0n) is 27.7. The molecule has 0 amide bonds. The Balaban J connectivity index is 1.25. The van der Waals surface area contributed by atoms with E-state index in [1.165, 1.54) is 70.9 Å². The first-order chi connectivity index (χ1) is 24.6. The van der Waals surface area contributed by atoms with Crippen LogP contribution in [0.15, 0.2) is 154 Å². The molecule has 2 heterocycles. The van der Waals surface area contributed by atoms with E-state index in [1.54, 1.807) is 0 Å². The molecular weight excluding hydrogens is 609 g/mol. The Morgan fingerprint density at radius 3 is 1.68 bits per heavy atom. The van der Waals surface area contributed by atoms with E-state index >= 15 is 0 Å². The van der Waals surface area contributed by atoms with Crippen molar-refractivity contribution in [1.82, 2.24) is 0 Å². The van der Waals surface area contributed by atoms with Gasteiger partial charge in [-0.25, -0.2) is 0 Å². The zero-order valence-corrected chi connectivity index (χ0v) is 27.7. The van der Waals surface area contributed by atoms with E-state index in [2.05, 4.69) is 159 Å². The van der Waals surface area contributed by atoms with Crippen LogP contribution >= 0.6 is 0 Å². The summed E-state index contributed by atoms with van der Waals surface area (Å²) < 4.78 is 13.4. The van der Waals surface area contributed by atoms with Crippen LogP contribution < -0.4 is 0 Å². The molecule has 0 saturated heterocycles. The van der Waals surface area contributed by atoms with Crippen molar-refractivity contribution in [2.45, 2.75) is 13.8 Å². The lowest BCUT2D eigenvalue weighted by Gasteiger charge is -2.19. The quantitative estimate of drug-likeness (QED) is 0.176. The van der Waals surface area contributed by atoms with E-state index in [1.807, 2.05) is 0 Å². The summed E-state index contributed by atoms with van der Waals surface area (Å²) >= 11 is 0. The number of hydrogen-bond donors (Lipinski definition) is 0. The van der Waals surface area contributed by atoms with E-state index in [-0.39, 0.29) is 0 Å². The summed E-state index contributed by atoms with van der Waals surface area (Å²) in [7, 11) is 0. The van der Waals surface area contributed by atoms with Crippen molar-refractivity contribution in [1.29, 1.82) is 0 Å². The van der Waals surface area contributed by atoms with Crippen LogP contribution in [0.3, 0.4) is 0 Å². The fourth-order valence-corrected chi connectivity index (χ4v) is 8.50. The molecular formula is C48H30O2. The summed E-state index contributed by atoms with van der Waals surface area (Å²) in [5, 5.41) is 14.2. The van der Waals surface area contributed by atoms with Crippen LogP contribution in [0.25, 0.3) is 109 Å². The monoisotopic (exact) mass is 638 g/mol. The molecule has 0 N–H and O–H groups in total. The molecule has 50 heavy (non-hydrogen) atoms. The molecule has 9 aromatic carbocycles. The molecule has 0 radical (unpaired) electrons. The van der Waals surface area contributed by atoms with Crippen molar-refractivity contribution >= 4 is 87.0 Å². The van der Waals surface area contributed by atoms with E-state index in [4.69, 9.17) is 8.83 Å². The van der Waals surface area contributed by atoms with Gasteiger partial charge < -0.3 is 8.83 Å². The van der Waals surface area contributed by atoms with Gasteiger partial charge in [-0.2, -0.15) is 0 Å². The minimum Gasteiger partial charge on any atom is -0.452 e. The highest BCUT2D eigenvalue weighted by Gasteiger charge is 2.22. The fraction of sp³-hybridized carbons (Fsp3) is 0.0417. The van der Waals surface area contributed by atoms with Gasteiger partial charge in [0.15, 0.2) is 11.2 Å². The Bertz CT molecular complexity index is 3170. The number of rotatable bonds is 2. The molecule has 0 aliphatic heterocycles. The van der Waals surface area contributed by atoms with Gasteiger partial charge in [0, 0.05) is 21.5 Å². The third-order valence-corrected chi connectivity index (χ3v) is 10.7. The lowest BCUT2D eigenvalue weighted by molar-refractivity contribution is 0.633. The van der Waals surface area contributed by atoms with Gasteiger partial charge >= 0.3 is 0 Å². The second kappa shape index (κ2) is 10.1. The first kappa shape index (κ1) is 27.6. The largest absolute Gasteiger partial charge is 0.452 e. The van der Waals surface area contributed by atoms with Crippen molar-refractivity contribution in [3.8, 4) is 22.3 Å². The highest BCUT2D eigenvalue weighted by atomic mass is 16.4. The molecule has 11 aromatic rings. The molecule has 2 heteroatoms. The van der Waals surface area contributed by atoms with Crippen molar-refractivity contribution in [2.24, 2.45) is 0 Å². The fourth-order valence-electron chi connectivity index (χ4n) is 8.50. The normalized spacial score (nSPS) is 12.2. The number of benzene rings is 9. The molecule has 0 aliphatic carbocycles. The van der Waals surface area contributed by atoms with Gasteiger partial charge in [0.05, 0.1) is 0 Å². The predicted molar refractivity (Wildman–Crippen MR) is 211 cm³/mol. The SMILES string of the molecule is Cc1ccc2cc(-c3c4ccccc4c(-c4cc5oc6c(ccc7c8cc(C)ccc8oc76)c5c5ccccc45)c4ccccc34)ccc2c1. The lowest BCUT2D eigenvalue weighted by atomic mass is 9.84. The summed E-state index contributed by atoms with van der Waals surface area (Å²) in [4.78, 5) is 0. The maximum atomic E-state index is 6.87. The third kappa shape index (κ3) is 3.79. The van der Waals surface area contributed by atoms with Gasteiger partial charge in [-0.05, 0) is 116 Å². The molecule has 0 fully saturated rings. The smallest absolute Gasteiger partial charge is 0.178 e. The molecule has 0 saturated carbocycles. The summed E-state index contributed by atoms with van der Waals surface area (Å²) in [6.45, 7) is 4.27. The first-order valence-electron chi connectivity index (χ1n) is 17.3. The van der Waals surface area contributed by atoms with Gasteiger partial charge in [0.2, 0.25) is 0 Å². The Morgan fingerprint density at radius 2 is 0.920 bits per heavy atom. The standard InChI is InChI=1S/C48H30O2/c1-27-15-17-30-25-31(19-18-29(30)23-27)44-34-11-5-7-13-36(34)45(37-14-8-6-12-35(37)44)41-26-43-46(33-10-4-3-9-32(33)41)39-21-20-38-40-24-28(2)16-22-42(40)49-47(38)48(39)50-43/h3-26H,1-2H3. The molecule has 0 spiro atoms. The number of furan rings is 2. The van der Waals surface area contributed by atoms with Gasteiger partial charge in [-0.1, -0.05) is 120 Å². The lowest BCUT2D eigenvalue weighted by Crippen LogP contribution is -1.92. The van der Waals surface area contributed by atoms with Crippen molar-refractivity contribution in [3.63, 3.8) is 0 Å². The maximum absolute atomic E-state index is 6.87.